The number of rotatable bonds is 6. The van der Waals surface area contributed by atoms with Crippen molar-refractivity contribution in [3.05, 3.63) is 88.3 Å². The van der Waals surface area contributed by atoms with Gasteiger partial charge in [-0.3, -0.25) is 9.69 Å². The van der Waals surface area contributed by atoms with Gasteiger partial charge in [0.25, 0.3) is 0 Å². The first-order valence-corrected chi connectivity index (χ1v) is 11.6. The predicted molar refractivity (Wildman–Crippen MR) is 129 cm³/mol. The molecule has 0 aliphatic carbocycles. The number of nitrogens with zero attached hydrogens (tertiary/aromatic N) is 3. The number of benzene rings is 2. The average molecular weight is 447 g/mol. The highest BCUT2D eigenvalue weighted by Crippen LogP contribution is 2.27. The Labute approximate surface area is 195 Å². The zero-order valence-electron chi connectivity index (χ0n) is 19.6. The number of aromatic nitrogens is 2. The van der Waals surface area contributed by atoms with E-state index in [-0.39, 0.29) is 23.9 Å². The lowest BCUT2D eigenvalue weighted by atomic mass is 9.95. The van der Waals surface area contributed by atoms with Gasteiger partial charge in [-0.25, -0.2) is 14.4 Å². The molecular formula is C27H31FN4O. The molecule has 0 spiro atoms. The maximum absolute atomic E-state index is 13.9. The zero-order valence-corrected chi connectivity index (χ0v) is 19.6. The summed E-state index contributed by atoms with van der Waals surface area (Å²) in [5, 5.41) is 2.65. The van der Waals surface area contributed by atoms with Crippen molar-refractivity contribution < 1.29 is 9.18 Å². The third kappa shape index (κ3) is 5.63. The summed E-state index contributed by atoms with van der Waals surface area (Å²) < 4.78 is 13.9. The SMILES string of the molecule is Cc1ccccc1CN1CCCC(c2nc(C)c(CC(=O)Nc3ccccc3F)c(C)n2)C1. The van der Waals surface area contributed by atoms with Crippen LogP contribution in [0.25, 0.3) is 0 Å². The minimum absolute atomic E-state index is 0.121. The smallest absolute Gasteiger partial charge is 0.229 e. The van der Waals surface area contributed by atoms with Gasteiger partial charge in [-0.1, -0.05) is 36.4 Å². The molecule has 0 radical (unpaired) electrons. The highest BCUT2D eigenvalue weighted by molar-refractivity contribution is 5.92. The van der Waals surface area contributed by atoms with E-state index < -0.39 is 5.82 Å². The first-order valence-electron chi connectivity index (χ1n) is 11.6. The molecule has 1 N–H and O–H groups in total. The van der Waals surface area contributed by atoms with Crippen molar-refractivity contribution in [1.29, 1.82) is 0 Å². The standard InChI is InChI=1S/C27H31FN4O/c1-18-9-4-5-10-21(18)16-32-14-8-11-22(17-32)27-29-19(2)23(20(3)30-27)15-26(33)31-25-13-7-6-12-24(25)28/h4-7,9-10,12-13,22H,8,11,14-17H2,1-3H3,(H,31,33). The van der Waals surface area contributed by atoms with E-state index in [9.17, 15) is 9.18 Å². The summed E-state index contributed by atoms with van der Waals surface area (Å²) in [6.07, 6.45) is 2.30. The van der Waals surface area contributed by atoms with E-state index in [1.165, 1.54) is 17.2 Å². The predicted octanol–water partition coefficient (Wildman–Crippen LogP) is 5.10. The summed E-state index contributed by atoms with van der Waals surface area (Å²) in [7, 11) is 0. The summed E-state index contributed by atoms with van der Waals surface area (Å²) in [5.74, 6) is 0.419. The third-order valence-corrected chi connectivity index (χ3v) is 6.45. The summed E-state index contributed by atoms with van der Waals surface area (Å²) in [4.78, 5) is 24.6. The van der Waals surface area contributed by atoms with E-state index in [0.29, 0.717) is 0 Å². The van der Waals surface area contributed by atoms with Crippen molar-refractivity contribution in [3.8, 4) is 0 Å². The summed E-state index contributed by atoms with van der Waals surface area (Å²) in [6, 6.07) is 14.7. The molecule has 4 rings (SSSR count). The van der Waals surface area contributed by atoms with Crippen molar-refractivity contribution in [2.45, 2.75) is 52.5 Å². The lowest BCUT2D eigenvalue weighted by Gasteiger charge is -2.32. The number of piperidine rings is 1. The van der Waals surface area contributed by atoms with Crippen molar-refractivity contribution in [1.82, 2.24) is 14.9 Å². The fourth-order valence-corrected chi connectivity index (χ4v) is 4.56. The van der Waals surface area contributed by atoms with Crippen LogP contribution in [0.15, 0.2) is 48.5 Å². The van der Waals surface area contributed by atoms with Crippen LogP contribution >= 0.6 is 0 Å². The van der Waals surface area contributed by atoms with Crippen LogP contribution in [0, 0.1) is 26.6 Å². The molecule has 3 aromatic rings. The number of carbonyl (C=O) groups excluding carboxylic acids is 1. The van der Waals surface area contributed by atoms with Crippen LogP contribution in [-0.4, -0.2) is 33.9 Å². The fourth-order valence-electron chi connectivity index (χ4n) is 4.56. The van der Waals surface area contributed by atoms with Gasteiger partial charge in [0.05, 0.1) is 12.1 Å². The number of nitrogens with one attached hydrogen (secondary N) is 1. The number of halogens is 1. The first-order chi connectivity index (χ1) is 15.9. The third-order valence-electron chi connectivity index (χ3n) is 6.45. The number of carbonyl (C=O) groups is 1. The number of anilines is 1. The van der Waals surface area contributed by atoms with E-state index >= 15 is 0 Å². The molecule has 0 saturated carbocycles. The molecule has 1 amide bonds. The molecular weight excluding hydrogens is 415 g/mol. The van der Waals surface area contributed by atoms with Crippen LogP contribution in [0.4, 0.5) is 10.1 Å². The monoisotopic (exact) mass is 446 g/mol. The molecule has 2 aromatic carbocycles. The second-order valence-electron chi connectivity index (χ2n) is 8.94. The molecule has 6 heteroatoms. The van der Waals surface area contributed by atoms with E-state index in [1.807, 2.05) is 13.8 Å². The van der Waals surface area contributed by atoms with E-state index in [4.69, 9.17) is 9.97 Å². The largest absolute Gasteiger partial charge is 0.323 e. The van der Waals surface area contributed by atoms with Crippen LogP contribution in [0.1, 0.15) is 52.7 Å². The second kappa shape index (κ2) is 10.2. The molecule has 1 aliphatic heterocycles. The Bertz CT molecular complexity index is 1120. The summed E-state index contributed by atoms with van der Waals surface area (Å²) in [5.41, 5.74) is 5.31. The van der Waals surface area contributed by atoms with Crippen molar-refractivity contribution in [2.24, 2.45) is 0 Å². The molecule has 33 heavy (non-hydrogen) atoms. The Morgan fingerprint density at radius 3 is 2.48 bits per heavy atom. The zero-order chi connectivity index (χ0) is 23.4. The van der Waals surface area contributed by atoms with Crippen LogP contribution in [0.5, 0.6) is 0 Å². The van der Waals surface area contributed by atoms with Crippen LogP contribution < -0.4 is 5.32 Å². The Morgan fingerprint density at radius 1 is 1.06 bits per heavy atom. The number of aryl methyl sites for hydroxylation is 3. The number of amides is 1. The molecule has 1 fully saturated rings. The molecule has 1 unspecified atom stereocenters. The average Bonchev–Trinajstić information content (AvgIpc) is 2.79. The Balaban J connectivity index is 1.44. The maximum atomic E-state index is 13.9. The molecule has 1 aliphatic rings. The quantitative estimate of drug-likeness (QED) is 0.572. The van der Waals surface area contributed by atoms with E-state index in [1.54, 1.807) is 18.2 Å². The Morgan fingerprint density at radius 2 is 1.76 bits per heavy atom. The van der Waals surface area contributed by atoms with Crippen molar-refractivity contribution in [3.63, 3.8) is 0 Å². The molecule has 2 heterocycles. The lowest BCUT2D eigenvalue weighted by Crippen LogP contribution is -2.35. The van der Waals surface area contributed by atoms with Gasteiger partial charge in [0.2, 0.25) is 5.91 Å². The van der Waals surface area contributed by atoms with Gasteiger partial charge in [-0.2, -0.15) is 0 Å². The van der Waals surface area contributed by atoms with Gasteiger partial charge < -0.3 is 5.32 Å². The van der Waals surface area contributed by atoms with Gasteiger partial charge in [-0.15, -0.1) is 0 Å². The highest BCUT2D eigenvalue weighted by Gasteiger charge is 2.25. The number of likely N-dealkylation sites (tertiary alicyclic amines) is 1. The topological polar surface area (TPSA) is 58.1 Å². The van der Waals surface area contributed by atoms with Crippen LogP contribution in [0.3, 0.4) is 0 Å². The Hall–Kier alpha value is -3.12. The van der Waals surface area contributed by atoms with Gasteiger partial charge in [-0.05, 0) is 63.4 Å². The summed E-state index contributed by atoms with van der Waals surface area (Å²) >= 11 is 0. The lowest BCUT2D eigenvalue weighted by molar-refractivity contribution is -0.115. The van der Waals surface area contributed by atoms with Gasteiger partial charge in [0, 0.05) is 36.0 Å². The number of para-hydroxylation sites is 1. The number of hydrogen-bond donors (Lipinski definition) is 1. The van der Waals surface area contributed by atoms with Gasteiger partial charge in [0.1, 0.15) is 11.6 Å². The van der Waals surface area contributed by atoms with E-state index in [0.717, 1.165) is 55.3 Å². The number of hydrogen-bond acceptors (Lipinski definition) is 4. The molecule has 1 saturated heterocycles. The van der Waals surface area contributed by atoms with Crippen LogP contribution in [0.2, 0.25) is 0 Å². The van der Waals surface area contributed by atoms with Crippen molar-refractivity contribution in [2.75, 3.05) is 18.4 Å². The molecule has 172 valence electrons. The molecule has 1 aromatic heterocycles. The maximum Gasteiger partial charge on any atom is 0.229 e. The fraction of sp³-hybridized carbons (Fsp3) is 0.370. The highest BCUT2D eigenvalue weighted by atomic mass is 19.1. The molecule has 0 bridgehead atoms. The first kappa shape index (κ1) is 23.1. The van der Waals surface area contributed by atoms with Gasteiger partial charge in [0.15, 0.2) is 0 Å². The normalized spacial score (nSPS) is 16.5. The molecule has 5 nitrogen and oxygen atoms in total. The molecule has 1 atom stereocenters. The van der Waals surface area contributed by atoms with Crippen molar-refractivity contribution >= 4 is 11.6 Å². The van der Waals surface area contributed by atoms with Crippen LogP contribution in [-0.2, 0) is 17.8 Å². The van der Waals surface area contributed by atoms with E-state index in [2.05, 4.69) is 41.4 Å². The second-order valence-corrected chi connectivity index (χ2v) is 8.94. The summed E-state index contributed by atoms with van der Waals surface area (Å²) in [6.45, 7) is 8.97. The minimum Gasteiger partial charge on any atom is -0.323 e. The Kier molecular flexibility index (Phi) is 7.14. The van der Waals surface area contributed by atoms with Gasteiger partial charge >= 0.3 is 0 Å². The minimum atomic E-state index is -0.446.